The number of nitrogens with zero attached hydrogens (tertiary/aromatic N) is 2. The molecule has 5 nitrogen and oxygen atoms in total. The molecule has 4 rings (SSSR count). The van der Waals surface area contributed by atoms with Crippen LogP contribution in [0.15, 0.2) is 60.7 Å². The number of benzene rings is 2. The summed E-state index contributed by atoms with van der Waals surface area (Å²) < 4.78 is 7.37. The van der Waals surface area contributed by atoms with Crippen LogP contribution in [0.3, 0.4) is 0 Å². The molecule has 2 aliphatic rings. The normalized spacial score (nSPS) is 25.7. The monoisotopic (exact) mass is 522 g/mol. The van der Waals surface area contributed by atoms with Crippen molar-refractivity contribution in [2.24, 2.45) is 23.7 Å². The van der Waals surface area contributed by atoms with E-state index in [0.29, 0.717) is 11.8 Å². The summed E-state index contributed by atoms with van der Waals surface area (Å²) >= 11 is 0. The third-order valence-electron chi connectivity index (χ3n) is 8.17. The van der Waals surface area contributed by atoms with Crippen molar-refractivity contribution < 1.29 is 14.2 Å². The van der Waals surface area contributed by atoms with Crippen LogP contribution in [-0.2, 0) is 14.9 Å². The molecular formula is C31H46N2O3Si. The molecule has 0 spiro atoms. The second kappa shape index (κ2) is 10.9. The summed E-state index contributed by atoms with van der Waals surface area (Å²) in [5.74, 6) is 1.09. The molecule has 0 bridgehead atoms. The summed E-state index contributed by atoms with van der Waals surface area (Å²) in [6.07, 6.45) is 1.71. The van der Waals surface area contributed by atoms with E-state index >= 15 is 0 Å². The lowest BCUT2D eigenvalue weighted by Crippen LogP contribution is -2.61. The zero-order chi connectivity index (χ0) is 27.0. The summed E-state index contributed by atoms with van der Waals surface area (Å²) in [5.41, 5.74) is 2.46. The standard InChI is InChI=1S/C31H46N2O3Si/c1-22(2)28-24(5)33(34)35-30(29(28)23(3)4)32-21-15-20-27(32)31(36-37(6,7)8,25-16-11-9-12-17-25)26-18-13-10-14-19-26/h9-14,16-19,22-23,27-30H,15,20-21H2,1-8H3/t27-,28-,29+,30+/m0/s1. The molecule has 1 saturated heterocycles. The molecule has 202 valence electrons. The molecule has 0 radical (unpaired) electrons. The van der Waals surface area contributed by atoms with E-state index in [1.165, 1.54) is 11.1 Å². The van der Waals surface area contributed by atoms with Gasteiger partial charge in [-0.25, -0.2) is 0 Å². The van der Waals surface area contributed by atoms with Crippen LogP contribution in [0, 0.1) is 28.9 Å². The minimum absolute atomic E-state index is 0.0369. The minimum atomic E-state index is -2.04. The van der Waals surface area contributed by atoms with E-state index in [2.05, 4.69) is 113 Å². The van der Waals surface area contributed by atoms with Crippen LogP contribution >= 0.6 is 0 Å². The van der Waals surface area contributed by atoms with Crippen molar-refractivity contribution in [2.75, 3.05) is 6.54 Å². The number of rotatable bonds is 8. The summed E-state index contributed by atoms with van der Waals surface area (Å²) in [4.78, 5) is 9.59. The van der Waals surface area contributed by atoms with Crippen molar-refractivity contribution in [1.29, 1.82) is 0 Å². The van der Waals surface area contributed by atoms with Gasteiger partial charge in [-0.2, -0.15) is 0 Å². The molecule has 0 unspecified atom stereocenters. The zero-order valence-electron chi connectivity index (χ0n) is 24.0. The quantitative estimate of drug-likeness (QED) is 0.276. The van der Waals surface area contributed by atoms with Gasteiger partial charge in [0.05, 0.1) is 5.92 Å². The fourth-order valence-electron chi connectivity index (χ4n) is 6.90. The average Bonchev–Trinajstić information content (AvgIpc) is 3.34. The molecule has 37 heavy (non-hydrogen) atoms. The second-order valence-electron chi connectivity index (χ2n) is 12.6. The Morgan fingerprint density at radius 2 is 1.49 bits per heavy atom. The van der Waals surface area contributed by atoms with Gasteiger partial charge in [0.1, 0.15) is 11.8 Å². The van der Waals surface area contributed by atoms with Crippen LogP contribution in [0.2, 0.25) is 19.6 Å². The van der Waals surface area contributed by atoms with Crippen LogP contribution in [0.4, 0.5) is 0 Å². The molecule has 1 fully saturated rings. The van der Waals surface area contributed by atoms with Gasteiger partial charge in [-0.05, 0) is 62.0 Å². The Morgan fingerprint density at radius 1 is 0.946 bits per heavy atom. The molecule has 6 heteroatoms. The maximum atomic E-state index is 13.2. The molecule has 2 aromatic rings. The highest BCUT2D eigenvalue weighted by molar-refractivity contribution is 6.69. The van der Waals surface area contributed by atoms with Gasteiger partial charge in [0, 0.05) is 23.8 Å². The van der Waals surface area contributed by atoms with Gasteiger partial charge in [-0.1, -0.05) is 88.4 Å². The maximum absolute atomic E-state index is 13.2. The van der Waals surface area contributed by atoms with Crippen LogP contribution in [0.25, 0.3) is 0 Å². The van der Waals surface area contributed by atoms with Crippen molar-refractivity contribution in [3.63, 3.8) is 0 Å². The fraction of sp³-hybridized carbons (Fsp3) is 0.581. The van der Waals surface area contributed by atoms with Crippen molar-refractivity contribution in [1.82, 2.24) is 4.90 Å². The molecule has 0 amide bonds. The van der Waals surface area contributed by atoms with Gasteiger partial charge in [-0.15, -0.1) is 0 Å². The van der Waals surface area contributed by atoms with Gasteiger partial charge >= 0.3 is 0 Å². The van der Waals surface area contributed by atoms with Gasteiger partial charge in [0.2, 0.25) is 5.71 Å². The first-order valence-corrected chi connectivity index (χ1v) is 17.4. The minimum Gasteiger partial charge on any atom is -0.403 e. The number of likely N-dealkylation sites (tertiary alicyclic amines) is 1. The van der Waals surface area contributed by atoms with Crippen molar-refractivity contribution in [2.45, 2.75) is 85.0 Å². The van der Waals surface area contributed by atoms with Crippen LogP contribution in [-0.4, -0.2) is 42.6 Å². The largest absolute Gasteiger partial charge is 0.403 e. The summed E-state index contributed by atoms with van der Waals surface area (Å²) in [7, 11) is -2.04. The average molecular weight is 523 g/mol. The highest BCUT2D eigenvalue weighted by atomic mass is 28.4. The fourth-order valence-corrected chi connectivity index (χ4v) is 8.24. The van der Waals surface area contributed by atoms with Gasteiger partial charge < -0.3 is 9.26 Å². The SMILES string of the molecule is CC1=[N+]([O-])O[C@@H](N2CCC[C@H]2C(O[Si](C)(C)C)(c2ccccc2)c2ccccc2)[C@H](C(C)C)[C@H]1C(C)C. The first-order valence-electron chi connectivity index (χ1n) is 14.0. The Bertz CT molecular complexity index is 1030. The Hall–Kier alpha value is -2.15. The molecule has 2 aliphatic heterocycles. The lowest BCUT2D eigenvalue weighted by atomic mass is 9.72. The van der Waals surface area contributed by atoms with Crippen LogP contribution in [0.5, 0.6) is 0 Å². The van der Waals surface area contributed by atoms with Gasteiger partial charge in [0.15, 0.2) is 8.32 Å². The van der Waals surface area contributed by atoms with E-state index in [-0.39, 0.29) is 24.1 Å². The van der Waals surface area contributed by atoms with E-state index in [1.807, 2.05) is 6.92 Å². The second-order valence-corrected chi connectivity index (χ2v) is 17.0. The smallest absolute Gasteiger partial charge is 0.222 e. The first-order chi connectivity index (χ1) is 17.5. The van der Waals surface area contributed by atoms with E-state index in [0.717, 1.165) is 30.0 Å². The molecule has 0 aliphatic carbocycles. The lowest BCUT2D eigenvalue weighted by Gasteiger charge is -2.52. The number of hydrogen-bond acceptors (Lipinski definition) is 4. The van der Waals surface area contributed by atoms with Crippen LogP contribution in [0.1, 0.15) is 58.6 Å². The van der Waals surface area contributed by atoms with E-state index in [9.17, 15) is 5.21 Å². The maximum Gasteiger partial charge on any atom is 0.222 e. The molecule has 0 saturated carbocycles. The predicted molar refractivity (Wildman–Crippen MR) is 154 cm³/mol. The predicted octanol–water partition coefficient (Wildman–Crippen LogP) is 7.03. The summed E-state index contributed by atoms with van der Waals surface area (Å²) in [5, 5.41) is 13.2. The van der Waals surface area contributed by atoms with E-state index in [4.69, 9.17) is 9.26 Å². The Labute approximate surface area is 225 Å². The van der Waals surface area contributed by atoms with E-state index < -0.39 is 13.9 Å². The lowest BCUT2D eigenvalue weighted by molar-refractivity contribution is -0.771. The van der Waals surface area contributed by atoms with Crippen molar-refractivity contribution >= 4 is 14.0 Å². The van der Waals surface area contributed by atoms with Crippen molar-refractivity contribution in [3.8, 4) is 0 Å². The third kappa shape index (κ3) is 5.38. The van der Waals surface area contributed by atoms with Crippen LogP contribution < -0.4 is 0 Å². The molecule has 0 N–H and O–H groups in total. The Morgan fingerprint density at radius 3 is 1.95 bits per heavy atom. The summed E-state index contributed by atoms with van der Waals surface area (Å²) in [6, 6.07) is 21.5. The zero-order valence-corrected chi connectivity index (χ0v) is 25.0. The molecule has 2 aromatic carbocycles. The van der Waals surface area contributed by atoms with Gasteiger partial charge in [0.25, 0.3) is 0 Å². The van der Waals surface area contributed by atoms with E-state index in [1.54, 1.807) is 0 Å². The van der Waals surface area contributed by atoms with Gasteiger partial charge in [-0.3, -0.25) is 10.1 Å². The molecule has 0 aromatic heterocycles. The Kier molecular flexibility index (Phi) is 8.22. The molecule has 2 heterocycles. The number of hydrogen-bond donors (Lipinski definition) is 0. The molecule has 4 atom stereocenters. The van der Waals surface area contributed by atoms with Crippen molar-refractivity contribution in [3.05, 3.63) is 77.0 Å². The Balaban J connectivity index is 1.91. The summed E-state index contributed by atoms with van der Waals surface area (Å²) in [6.45, 7) is 18.6. The topological polar surface area (TPSA) is 47.8 Å². The highest BCUT2D eigenvalue weighted by Crippen LogP contribution is 2.48. The molecular weight excluding hydrogens is 476 g/mol. The third-order valence-corrected chi connectivity index (χ3v) is 9.10. The first kappa shape index (κ1) is 27.9. The highest BCUT2D eigenvalue weighted by Gasteiger charge is 2.55.